The van der Waals surface area contributed by atoms with Crippen molar-refractivity contribution in [3.63, 3.8) is 0 Å². The van der Waals surface area contributed by atoms with Crippen LogP contribution >= 0.6 is 0 Å². The summed E-state index contributed by atoms with van der Waals surface area (Å²) in [6.45, 7) is 0. The molecule has 0 aliphatic heterocycles. The van der Waals surface area contributed by atoms with E-state index < -0.39 is 17.6 Å². The Labute approximate surface area is 108 Å². The molecule has 0 unspecified atom stereocenters. The van der Waals surface area contributed by atoms with E-state index >= 15 is 0 Å². The van der Waals surface area contributed by atoms with Gasteiger partial charge >= 0.3 is 5.97 Å². The third-order valence-electron chi connectivity index (χ3n) is 2.58. The minimum atomic E-state index is -1.24. The number of hydrogen-bond acceptors (Lipinski definition) is 1. The van der Waals surface area contributed by atoms with Crippen LogP contribution in [0.2, 0.25) is 0 Å². The molecule has 0 saturated carbocycles. The SMILES string of the molecule is O=C(O)C(=Cc1ccc(F)cc1)c1ccccc1F. The second-order valence-corrected chi connectivity index (χ2v) is 3.89. The van der Waals surface area contributed by atoms with Gasteiger partial charge in [-0.15, -0.1) is 0 Å². The Morgan fingerprint density at radius 3 is 2.21 bits per heavy atom. The van der Waals surface area contributed by atoms with Crippen LogP contribution in [0.25, 0.3) is 11.6 Å². The molecule has 2 aromatic rings. The lowest BCUT2D eigenvalue weighted by Gasteiger charge is -2.04. The highest BCUT2D eigenvalue weighted by Crippen LogP contribution is 2.21. The largest absolute Gasteiger partial charge is 0.478 e. The van der Waals surface area contributed by atoms with E-state index in [1.54, 1.807) is 6.07 Å². The van der Waals surface area contributed by atoms with Crippen LogP contribution in [0.1, 0.15) is 11.1 Å². The molecule has 0 aliphatic rings. The van der Waals surface area contributed by atoms with E-state index in [4.69, 9.17) is 5.11 Å². The average molecular weight is 260 g/mol. The lowest BCUT2D eigenvalue weighted by molar-refractivity contribution is -0.130. The van der Waals surface area contributed by atoms with Gasteiger partial charge in [0, 0.05) is 5.56 Å². The van der Waals surface area contributed by atoms with Crippen LogP contribution < -0.4 is 0 Å². The second-order valence-electron chi connectivity index (χ2n) is 3.89. The van der Waals surface area contributed by atoms with E-state index in [1.165, 1.54) is 48.5 Å². The van der Waals surface area contributed by atoms with Crippen molar-refractivity contribution in [2.45, 2.75) is 0 Å². The van der Waals surface area contributed by atoms with E-state index in [9.17, 15) is 13.6 Å². The quantitative estimate of drug-likeness (QED) is 0.676. The molecular formula is C15H10F2O2. The van der Waals surface area contributed by atoms with Crippen molar-refractivity contribution in [3.05, 3.63) is 71.3 Å². The number of halogens is 2. The first-order valence-electron chi connectivity index (χ1n) is 5.53. The minimum absolute atomic E-state index is 0.000625. The zero-order valence-electron chi connectivity index (χ0n) is 9.81. The molecule has 19 heavy (non-hydrogen) atoms. The molecule has 0 amide bonds. The van der Waals surface area contributed by atoms with Gasteiger partial charge in [0.2, 0.25) is 0 Å². The maximum absolute atomic E-state index is 13.6. The van der Waals surface area contributed by atoms with E-state index in [1.807, 2.05) is 0 Å². The number of aliphatic carboxylic acids is 1. The summed E-state index contributed by atoms with van der Waals surface area (Å²) in [5.74, 6) is -2.27. The Morgan fingerprint density at radius 1 is 1.00 bits per heavy atom. The number of benzene rings is 2. The molecule has 0 heterocycles. The summed E-state index contributed by atoms with van der Waals surface area (Å²) < 4.78 is 26.4. The lowest BCUT2D eigenvalue weighted by Crippen LogP contribution is -2.01. The molecule has 2 rings (SSSR count). The highest BCUT2D eigenvalue weighted by molar-refractivity contribution is 6.20. The standard InChI is InChI=1S/C15H10F2O2/c16-11-7-5-10(6-8-11)9-13(15(18)19)12-3-1-2-4-14(12)17/h1-9H,(H,18,19). The topological polar surface area (TPSA) is 37.3 Å². The van der Waals surface area contributed by atoms with Crippen LogP contribution in [-0.2, 0) is 4.79 Å². The van der Waals surface area contributed by atoms with Crippen molar-refractivity contribution in [1.29, 1.82) is 0 Å². The van der Waals surface area contributed by atoms with E-state index in [2.05, 4.69) is 0 Å². The molecule has 0 fully saturated rings. The van der Waals surface area contributed by atoms with Gasteiger partial charge < -0.3 is 5.11 Å². The van der Waals surface area contributed by atoms with E-state index in [0.29, 0.717) is 5.56 Å². The Balaban J connectivity index is 2.50. The second kappa shape index (κ2) is 5.44. The Bertz CT molecular complexity index is 631. The summed E-state index contributed by atoms with van der Waals surface area (Å²) in [4.78, 5) is 11.2. The summed E-state index contributed by atoms with van der Waals surface area (Å²) in [6.07, 6.45) is 1.31. The fourth-order valence-corrected chi connectivity index (χ4v) is 1.66. The number of carboxylic acid groups (broad SMARTS) is 1. The fraction of sp³-hybridized carbons (Fsp3) is 0. The molecule has 2 aromatic carbocycles. The summed E-state index contributed by atoms with van der Waals surface area (Å²) in [5, 5.41) is 9.16. The number of carboxylic acids is 1. The maximum atomic E-state index is 13.6. The first-order chi connectivity index (χ1) is 9.08. The molecule has 0 spiro atoms. The summed E-state index contributed by atoms with van der Waals surface area (Å²) >= 11 is 0. The molecule has 2 nitrogen and oxygen atoms in total. The van der Waals surface area contributed by atoms with Gasteiger partial charge in [-0.1, -0.05) is 30.3 Å². The molecule has 0 aromatic heterocycles. The Morgan fingerprint density at radius 2 is 1.63 bits per heavy atom. The van der Waals surface area contributed by atoms with Crippen LogP contribution in [0, 0.1) is 11.6 Å². The smallest absolute Gasteiger partial charge is 0.336 e. The molecule has 0 bridgehead atoms. The molecule has 0 atom stereocenters. The zero-order chi connectivity index (χ0) is 13.8. The van der Waals surface area contributed by atoms with Crippen LogP contribution in [0.3, 0.4) is 0 Å². The van der Waals surface area contributed by atoms with Gasteiger partial charge in [-0.25, -0.2) is 13.6 Å². The molecule has 0 saturated heterocycles. The molecule has 96 valence electrons. The molecule has 0 aliphatic carbocycles. The fourth-order valence-electron chi connectivity index (χ4n) is 1.66. The van der Waals surface area contributed by atoms with Crippen LogP contribution in [0.5, 0.6) is 0 Å². The summed E-state index contributed by atoms with van der Waals surface area (Å²) in [7, 11) is 0. The van der Waals surface area contributed by atoms with Crippen molar-refractivity contribution < 1.29 is 18.7 Å². The predicted octanol–water partition coefficient (Wildman–Crippen LogP) is 3.59. The third kappa shape index (κ3) is 3.04. The normalized spacial score (nSPS) is 11.4. The van der Waals surface area contributed by atoms with Gasteiger partial charge in [-0.2, -0.15) is 0 Å². The average Bonchev–Trinajstić information content (AvgIpc) is 2.39. The highest BCUT2D eigenvalue weighted by atomic mass is 19.1. The zero-order valence-corrected chi connectivity index (χ0v) is 9.81. The van der Waals surface area contributed by atoms with Crippen molar-refractivity contribution in [2.24, 2.45) is 0 Å². The van der Waals surface area contributed by atoms with Crippen LogP contribution in [0.4, 0.5) is 8.78 Å². The molecule has 4 heteroatoms. The van der Waals surface area contributed by atoms with Crippen molar-refractivity contribution in [1.82, 2.24) is 0 Å². The number of rotatable bonds is 3. The number of hydrogen-bond donors (Lipinski definition) is 1. The predicted molar refractivity (Wildman–Crippen MR) is 68.3 cm³/mol. The van der Waals surface area contributed by atoms with Gasteiger partial charge in [0.1, 0.15) is 11.6 Å². The monoisotopic (exact) mass is 260 g/mol. The van der Waals surface area contributed by atoms with Crippen molar-refractivity contribution in [2.75, 3.05) is 0 Å². The van der Waals surface area contributed by atoms with E-state index in [0.717, 1.165) is 0 Å². The van der Waals surface area contributed by atoms with Gasteiger partial charge in [0.15, 0.2) is 0 Å². The molecule has 1 N–H and O–H groups in total. The summed E-state index contributed by atoms with van der Waals surface area (Å²) in [5.41, 5.74) is 0.311. The first kappa shape index (κ1) is 13.0. The van der Waals surface area contributed by atoms with Crippen LogP contribution in [0.15, 0.2) is 48.5 Å². The van der Waals surface area contributed by atoms with Gasteiger partial charge in [0.05, 0.1) is 5.57 Å². The van der Waals surface area contributed by atoms with Crippen molar-refractivity contribution >= 4 is 17.6 Å². The van der Waals surface area contributed by atoms with E-state index in [-0.39, 0.29) is 11.1 Å². The maximum Gasteiger partial charge on any atom is 0.336 e. The summed E-state index contributed by atoms with van der Waals surface area (Å²) in [6, 6.07) is 10.9. The molecule has 0 radical (unpaired) electrons. The minimum Gasteiger partial charge on any atom is -0.478 e. The van der Waals surface area contributed by atoms with Gasteiger partial charge in [0.25, 0.3) is 0 Å². The Hall–Kier alpha value is -2.49. The highest BCUT2D eigenvalue weighted by Gasteiger charge is 2.14. The molecular weight excluding hydrogens is 250 g/mol. The first-order valence-corrected chi connectivity index (χ1v) is 5.53. The van der Waals surface area contributed by atoms with Crippen LogP contribution in [-0.4, -0.2) is 11.1 Å². The van der Waals surface area contributed by atoms with Crippen molar-refractivity contribution in [3.8, 4) is 0 Å². The third-order valence-corrected chi connectivity index (χ3v) is 2.58. The van der Waals surface area contributed by atoms with Gasteiger partial charge in [-0.05, 0) is 29.8 Å². The number of carbonyl (C=O) groups is 1. The lowest BCUT2D eigenvalue weighted by atomic mass is 10.0. The van der Waals surface area contributed by atoms with Gasteiger partial charge in [-0.3, -0.25) is 0 Å². The Kier molecular flexibility index (Phi) is 3.71.